The van der Waals surface area contributed by atoms with Crippen LogP contribution < -0.4 is 0 Å². The van der Waals surface area contributed by atoms with Crippen LogP contribution in [0.5, 0.6) is 5.75 Å². The van der Waals surface area contributed by atoms with E-state index in [2.05, 4.69) is 0 Å². The van der Waals surface area contributed by atoms with Crippen molar-refractivity contribution in [2.45, 2.75) is 4.90 Å². The van der Waals surface area contributed by atoms with Gasteiger partial charge in [0.15, 0.2) is 0 Å². The molecule has 1 rings (SSSR count). The Bertz CT molecular complexity index is 401. The van der Waals surface area contributed by atoms with Gasteiger partial charge in [-0.1, -0.05) is 0 Å². The zero-order valence-corrected chi connectivity index (χ0v) is 7.23. The van der Waals surface area contributed by atoms with E-state index < -0.39 is 25.5 Å². The van der Waals surface area contributed by atoms with E-state index in [9.17, 15) is 12.8 Å². The van der Waals surface area contributed by atoms with Crippen molar-refractivity contribution in [2.24, 2.45) is 0 Å². The fourth-order valence-corrected chi connectivity index (χ4v) is 1.63. The summed E-state index contributed by atoms with van der Waals surface area (Å²) in [5.74, 6) is -1.33. The Kier molecular flexibility index (Phi) is 2.25. The van der Waals surface area contributed by atoms with Crippen LogP contribution in [-0.2, 0) is 9.05 Å². The van der Waals surface area contributed by atoms with Gasteiger partial charge in [-0.2, -0.15) is 0 Å². The average molecular weight is 211 g/mol. The number of hydrogen-bond acceptors (Lipinski definition) is 3. The van der Waals surface area contributed by atoms with Crippen LogP contribution in [0.3, 0.4) is 0 Å². The summed E-state index contributed by atoms with van der Waals surface area (Å²) < 4.78 is 33.7. The minimum absolute atomic E-state index is 0.564. The molecule has 3 nitrogen and oxygen atoms in total. The summed E-state index contributed by atoms with van der Waals surface area (Å²) in [5.41, 5.74) is 0. The van der Waals surface area contributed by atoms with Crippen LogP contribution in [0.4, 0.5) is 4.39 Å². The third kappa shape index (κ3) is 1.86. The maximum Gasteiger partial charge on any atom is 0.265 e. The highest BCUT2D eigenvalue weighted by atomic mass is 35.7. The Morgan fingerprint density at radius 3 is 2.42 bits per heavy atom. The van der Waals surface area contributed by atoms with Gasteiger partial charge < -0.3 is 5.11 Å². The third-order valence-corrected chi connectivity index (χ3v) is 2.54. The van der Waals surface area contributed by atoms with Gasteiger partial charge in [0.25, 0.3) is 9.05 Å². The minimum Gasteiger partial charge on any atom is -0.507 e. The van der Waals surface area contributed by atoms with E-state index in [4.69, 9.17) is 15.8 Å². The SMILES string of the molecule is O=S(=O)(Cl)c1cc(F)ccc1O. The first-order chi connectivity index (χ1) is 5.41. The molecule has 12 heavy (non-hydrogen) atoms. The molecule has 0 atom stereocenters. The van der Waals surface area contributed by atoms with E-state index in [1.54, 1.807) is 0 Å². The molecular weight excluding hydrogens is 207 g/mol. The third-order valence-electron chi connectivity index (χ3n) is 1.18. The quantitative estimate of drug-likeness (QED) is 0.714. The first-order valence-electron chi connectivity index (χ1n) is 2.84. The Labute approximate surface area is 72.8 Å². The van der Waals surface area contributed by atoms with Crippen LogP contribution in [0.1, 0.15) is 0 Å². The Hall–Kier alpha value is -0.810. The molecule has 0 bridgehead atoms. The second kappa shape index (κ2) is 2.91. The molecule has 1 aromatic rings. The maximum atomic E-state index is 12.4. The fraction of sp³-hybridized carbons (Fsp3) is 0. The topological polar surface area (TPSA) is 54.4 Å². The Balaban J connectivity index is 3.43. The minimum atomic E-state index is -4.07. The van der Waals surface area contributed by atoms with Crippen LogP contribution in [0.15, 0.2) is 23.1 Å². The van der Waals surface area contributed by atoms with Crippen molar-refractivity contribution in [3.8, 4) is 5.75 Å². The van der Waals surface area contributed by atoms with E-state index in [1.165, 1.54) is 0 Å². The molecule has 0 radical (unpaired) electrons. The molecule has 0 aliphatic rings. The molecule has 0 aliphatic carbocycles. The maximum absolute atomic E-state index is 12.4. The van der Waals surface area contributed by atoms with Crippen LogP contribution in [0.2, 0.25) is 0 Å². The molecule has 1 aromatic carbocycles. The van der Waals surface area contributed by atoms with E-state index in [0.29, 0.717) is 6.07 Å². The lowest BCUT2D eigenvalue weighted by atomic mass is 10.3. The van der Waals surface area contributed by atoms with E-state index in [-0.39, 0.29) is 0 Å². The molecular formula is C6H4ClFO3S. The number of halogens is 2. The molecule has 6 heteroatoms. The molecule has 0 unspecified atom stereocenters. The number of phenolic OH excluding ortho intramolecular Hbond substituents is 1. The smallest absolute Gasteiger partial charge is 0.265 e. The lowest BCUT2D eigenvalue weighted by Crippen LogP contribution is -1.91. The van der Waals surface area contributed by atoms with Crippen molar-refractivity contribution < 1.29 is 17.9 Å². The zero-order chi connectivity index (χ0) is 9.35. The lowest BCUT2D eigenvalue weighted by molar-refractivity contribution is 0.456. The second-order valence-corrected chi connectivity index (χ2v) is 4.58. The molecule has 0 amide bonds. The molecule has 0 saturated heterocycles. The van der Waals surface area contributed by atoms with Crippen molar-refractivity contribution in [2.75, 3.05) is 0 Å². The van der Waals surface area contributed by atoms with Crippen molar-refractivity contribution in [3.05, 3.63) is 24.0 Å². The normalized spacial score (nSPS) is 11.5. The van der Waals surface area contributed by atoms with Gasteiger partial charge in [0.05, 0.1) is 0 Å². The predicted molar refractivity (Wildman–Crippen MR) is 41.1 cm³/mol. The molecule has 0 fully saturated rings. The van der Waals surface area contributed by atoms with Gasteiger partial charge in [-0.05, 0) is 18.2 Å². The average Bonchev–Trinajstić information content (AvgIpc) is 1.92. The zero-order valence-electron chi connectivity index (χ0n) is 5.66. The summed E-state index contributed by atoms with van der Waals surface area (Å²) in [5, 5.41) is 8.94. The van der Waals surface area contributed by atoms with Gasteiger partial charge in [0, 0.05) is 10.7 Å². The van der Waals surface area contributed by atoms with Gasteiger partial charge in [-0.25, -0.2) is 12.8 Å². The summed E-state index contributed by atoms with van der Waals surface area (Å²) in [6, 6.07) is 2.50. The van der Waals surface area contributed by atoms with Gasteiger partial charge >= 0.3 is 0 Å². The first-order valence-corrected chi connectivity index (χ1v) is 5.15. The van der Waals surface area contributed by atoms with Crippen LogP contribution in [-0.4, -0.2) is 13.5 Å². The highest BCUT2D eigenvalue weighted by Crippen LogP contribution is 2.25. The van der Waals surface area contributed by atoms with Crippen molar-refractivity contribution in [1.82, 2.24) is 0 Å². The summed E-state index contributed by atoms with van der Waals surface area (Å²) in [4.78, 5) is -0.621. The number of phenols is 1. The fourth-order valence-electron chi connectivity index (χ4n) is 0.683. The number of hydrogen-bond donors (Lipinski definition) is 1. The molecule has 0 aliphatic heterocycles. The molecule has 0 spiro atoms. The van der Waals surface area contributed by atoms with Gasteiger partial charge in [-0.3, -0.25) is 0 Å². The molecule has 66 valence electrons. The van der Waals surface area contributed by atoms with Crippen molar-refractivity contribution >= 4 is 19.7 Å². The Morgan fingerprint density at radius 1 is 1.42 bits per heavy atom. The standard InChI is InChI=1S/C6H4ClFO3S/c7-12(10,11)6-3-4(8)1-2-5(6)9/h1-3,9H. The van der Waals surface area contributed by atoms with Gasteiger partial charge in [0.1, 0.15) is 16.5 Å². The number of benzene rings is 1. The second-order valence-electron chi connectivity index (χ2n) is 2.05. The van der Waals surface area contributed by atoms with E-state index >= 15 is 0 Å². The Morgan fingerprint density at radius 2 is 2.00 bits per heavy atom. The largest absolute Gasteiger partial charge is 0.507 e. The van der Waals surface area contributed by atoms with Gasteiger partial charge in [-0.15, -0.1) is 0 Å². The van der Waals surface area contributed by atoms with Crippen LogP contribution in [0, 0.1) is 5.82 Å². The number of rotatable bonds is 1. The first kappa shape index (κ1) is 9.28. The molecule has 0 saturated carbocycles. The molecule has 0 heterocycles. The number of aromatic hydroxyl groups is 1. The summed E-state index contributed by atoms with van der Waals surface area (Å²) in [6.07, 6.45) is 0. The van der Waals surface area contributed by atoms with Crippen molar-refractivity contribution in [1.29, 1.82) is 0 Å². The monoisotopic (exact) mass is 210 g/mol. The van der Waals surface area contributed by atoms with Crippen LogP contribution >= 0.6 is 10.7 Å². The van der Waals surface area contributed by atoms with E-state index in [1.807, 2.05) is 0 Å². The summed E-state index contributed by atoms with van der Waals surface area (Å²) in [6.45, 7) is 0. The highest BCUT2D eigenvalue weighted by Gasteiger charge is 2.15. The lowest BCUT2D eigenvalue weighted by Gasteiger charge is -1.98. The summed E-state index contributed by atoms with van der Waals surface area (Å²) in [7, 11) is 0.808. The highest BCUT2D eigenvalue weighted by molar-refractivity contribution is 8.13. The van der Waals surface area contributed by atoms with Crippen molar-refractivity contribution in [3.63, 3.8) is 0 Å². The van der Waals surface area contributed by atoms with Crippen LogP contribution in [0.25, 0.3) is 0 Å². The molecule has 0 aromatic heterocycles. The van der Waals surface area contributed by atoms with E-state index in [0.717, 1.165) is 12.1 Å². The van der Waals surface area contributed by atoms with Gasteiger partial charge in [0.2, 0.25) is 0 Å². The summed E-state index contributed by atoms with van der Waals surface area (Å²) >= 11 is 0. The predicted octanol–water partition coefficient (Wildman–Crippen LogP) is 1.46. The molecule has 1 N–H and O–H groups in total.